The molecule has 5 aromatic rings. The highest BCUT2D eigenvalue weighted by atomic mass is 15.4. The quantitative estimate of drug-likeness (QED) is 0.203. The van der Waals surface area contributed by atoms with Crippen molar-refractivity contribution in [2.75, 3.05) is 20.6 Å². The van der Waals surface area contributed by atoms with Crippen molar-refractivity contribution in [3.05, 3.63) is 180 Å². The van der Waals surface area contributed by atoms with E-state index in [0.29, 0.717) is 0 Å². The highest BCUT2D eigenvalue weighted by molar-refractivity contribution is 5.96. The molecule has 3 heteroatoms. The van der Waals surface area contributed by atoms with E-state index < -0.39 is 0 Å². The molecule has 3 aliphatic rings. The Bertz CT molecular complexity index is 2090. The molecule has 0 amide bonds. The summed E-state index contributed by atoms with van der Waals surface area (Å²) in [4.78, 5) is 4.96. The van der Waals surface area contributed by atoms with Crippen molar-refractivity contribution < 1.29 is 0 Å². The third-order valence-electron chi connectivity index (χ3n) is 10.1. The fourth-order valence-corrected chi connectivity index (χ4v) is 7.57. The predicted octanol–water partition coefficient (Wildman–Crippen LogP) is 10.2. The van der Waals surface area contributed by atoms with E-state index in [1.165, 1.54) is 66.6 Å². The SMILES string of the molecule is CN1C(c2ccc(-c3ccc(C4=CC=CNC4)cc3)cc2)=CC(C2=CCCC=C2)N(C)C1c1ccc(-c2cccc3ccccc23)cc1. The highest BCUT2D eigenvalue weighted by Gasteiger charge is 2.34. The van der Waals surface area contributed by atoms with Crippen molar-refractivity contribution in [2.24, 2.45) is 0 Å². The van der Waals surface area contributed by atoms with Crippen LogP contribution in [0.3, 0.4) is 0 Å². The average Bonchev–Trinajstić information content (AvgIpc) is 3.16. The molecule has 0 saturated carbocycles. The zero-order valence-corrected chi connectivity index (χ0v) is 27.7. The summed E-state index contributed by atoms with van der Waals surface area (Å²) in [6.45, 7) is 0.866. The molecule has 0 spiro atoms. The van der Waals surface area contributed by atoms with Crippen molar-refractivity contribution >= 4 is 22.0 Å². The van der Waals surface area contributed by atoms with Crippen molar-refractivity contribution in [3.63, 3.8) is 0 Å². The van der Waals surface area contributed by atoms with Gasteiger partial charge in [-0.05, 0) is 99.1 Å². The topological polar surface area (TPSA) is 18.5 Å². The number of dihydropyridines is 1. The van der Waals surface area contributed by atoms with Crippen LogP contribution in [0.15, 0.2) is 163 Å². The molecule has 3 nitrogen and oxygen atoms in total. The van der Waals surface area contributed by atoms with Gasteiger partial charge in [0.25, 0.3) is 0 Å². The van der Waals surface area contributed by atoms with Gasteiger partial charge in [0.2, 0.25) is 0 Å². The molecular weight excluding hydrogens is 583 g/mol. The molecule has 236 valence electrons. The minimum atomic E-state index is 0.0819. The van der Waals surface area contributed by atoms with Crippen LogP contribution in [0.4, 0.5) is 0 Å². The molecule has 1 aliphatic carbocycles. The van der Waals surface area contributed by atoms with Gasteiger partial charge in [-0.2, -0.15) is 0 Å². The Kier molecular flexibility index (Phi) is 8.13. The zero-order valence-electron chi connectivity index (χ0n) is 27.7. The van der Waals surface area contributed by atoms with Gasteiger partial charge in [0.1, 0.15) is 6.17 Å². The number of hydrogen-bond acceptors (Lipinski definition) is 3. The maximum absolute atomic E-state index is 3.31. The monoisotopic (exact) mass is 623 g/mol. The number of hydrogen-bond donors (Lipinski definition) is 1. The van der Waals surface area contributed by atoms with Crippen LogP contribution in [-0.2, 0) is 0 Å². The van der Waals surface area contributed by atoms with E-state index in [2.05, 4.69) is 181 Å². The van der Waals surface area contributed by atoms with Crippen molar-refractivity contribution in [1.29, 1.82) is 0 Å². The van der Waals surface area contributed by atoms with Crippen molar-refractivity contribution in [2.45, 2.75) is 25.0 Å². The van der Waals surface area contributed by atoms with Gasteiger partial charge in [-0.25, -0.2) is 0 Å². The Hall–Kier alpha value is -5.38. The number of likely N-dealkylation sites (N-methyl/N-ethyl adjacent to an activating group) is 1. The van der Waals surface area contributed by atoms with Gasteiger partial charge >= 0.3 is 0 Å². The fraction of sp³-hybridized carbons (Fsp3) is 0.156. The molecular formula is C45H41N3. The van der Waals surface area contributed by atoms with Gasteiger partial charge in [-0.1, -0.05) is 140 Å². The summed E-state index contributed by atoms with van der Waals surface area (Å²) in [7, 11) is 4.51. The molecule has 2 unspecified atom stereocenters. The second-order valence-corrected chi connectivity index (χ2v) is 13.1. The smallest absolute Gasteiger partial charge is 0.108 e. The van der Waals surface area contributed by atoms with Crippen LogP contribution in [0.2, 0.25) is 0 Å². The summed E-state index contributed by atoms with van der Waals surface area (Å²) < 4.78 is 0. The van der Waals surface area contributed by atoms with E-state index in [1.54, 1.807) is 0 Å². The molecule has 2 heterocycles. The second-order valence-electron chi connectivity index (χ2n) is 13.1. The number of nitrogens with one attached hydrogen (secondary N) is 1. The van der Waals surface area contributed by atoms with Crippen LogP contribution in [-0.4, -0.2) is 36.5 Å². The summed E-state index contributed by atoms with van der Waals surface area (Å²) in [5.74, 6) is 0. The highest BCUT2D eigenvalue weighted by Crippen LogP contribution is 2.40. The van der Waals surface area contributed by atoms with Gasteiger partial charge in [-0.3, -0.25) is 4.90 Å². The molecule has 2 atom stereocenters. The van der Waals surface area contributed by atoms with E-state index >= 15 is 0 Å². The third-order valence-corrected chi connectivity index (χ3v) is 10.1. The number of benzene rings is 5. The molecule has 48 heavy (non-hydrogen) atoms. The molecule has 2 aliphatic heterocycles. The molecule has 0 fully saturated rings. The largest absolute Gasteiger partial charge is 0.387 e. The lowest BCUT2D eigenvalue weighted by molar-refractivity contribution is 0.102. The first-order chi connectivity index (χ1) is 23.6. The summed E-state index contributed by atoms with van der Waals surface area (Å²) in [6, 6.07) is 42.7. The van der Waals surface area contributed by atoms with Crippen LogP contribution in [0.5, 0.6) is 0 Å². The summed E-state index contributed by atoms with van der Waals surface area (Å²) in [5.41, 5.74) is 12.7. The Morgan fingerprint density at radius 2 is 1.35 bits per heavy atom. The lowest BCUT2D eigenvalue weighted by Gasteiger charge is -2.46. The summed E-state index contributed by atoms with van der Waals surface area (Å²) in [6.07, 6.45) is 18.1. The molecule has 5 aromatic carbocycles. The fourth-order valence-electron chi connectivity index (χ4n) is 7.57. The number of fused-ring (bicyclic) bond motifs is 1. The van der Waals surface area contributed by atoms with Crippen LogP contribution < -0.4 is 5.32 Å². The maximum atomic E-state index is 3.31. The van der Waals surface area contributed by atoms with Crippen molar-refractivity contribution in [1.82, 2.24) is 15.1 Å². The average molecular weight is 624 g/mol. The number of nitrogens with zero attached hydrogens (tertiary/aromatic N) is 2. The molecule has 0 radical (unpaired) electrons. The van der Waals surface area contributed by atoms with Crippen LogP contribution in [0, 0.1) is 0 Å². The van der Waals surface area contributed by atoms with E-state index in [1.807, 2.05) is 6.20 Å². The predicted molar refractivity (Wildman–Crippen MR) is 203 cm³/mol. The van der Waals surface area contributed by atoms with Crippen LogP contribution >= 0.6 is 0 Å². The zero-order chi connectivity index (χ0) is 32.5. The third kappa shape index (κ3) is 5.72. The van der Waals surface area contributed by atoms with Crippen LogP contribution in [0.1, 0.15) is 35.7 Å². The molecule has 0 bridgehead atoms. The molecule has 0 saturated heterocycles. The van der Waals surface area contributed by atoms with E-state index in [9.17, 15) is 0 Å². The van der Waals surface area contributed by atoms with Gasteiger partial charge in [0.15, 0.2) is 0 Å². The first-order valence-electron chi connectivity index (χ1n) is 17.1. The van der Waals surface area contributed by atoms with Gasteiger partial charge in [-0.15, -0.1) is 0 Å². The number of allylic oxidation sites excluding steroid dienone is 4. The van der Waals surface area contributed by atoms with E-state index in [-0.39, 0.29) is 12.2 Å². The van der Waals surface area contributed by atoms with Gasteiger partial charge < -0.3 is 10.2 Å². The normalized spacial score (nSPS) is 19.5. The Morgan fingerprint density at radius 3 is 2.06 bits per heavy atom. The lowest BCUT2D eigenvalue weighted by Crippen LogP contribution is -2.46. The Labute approximate surface area is 284 Å². The maximum Gasteiger partial charge on any atom is 0.108 e. The molecule has 0 aromatic heterocycles. The molecule has 1 N–H and O–H groups in total. The Morgan fingerprint density at radius 1 is 0.667 bits per heavy atom. The summed E-state index contributed by atoms with van der Waals surface area (Å²) >= 11 is 0. The standard InChI is InChI=1S/C45H41N3/c1-47-43(37-11-4-3-5-12-37)30-44(38-25-21-33(22-26-38)32-17-19-34(20-18-32)40-14-9-29-46-31-40)48(2)45(47)39-27-23-36(24-28-39)42-16-8-13-35-10-6-7-15-41(35)42/h4,6-30,43,45-46H,3,5,31H2,1-2H3. The Balaban J connectivity index is 1.11. The van der Waals surface area contributed by atoms with E-state index in [0.717, 1.165) is 19.4 Å². The van der Waals surface area contributed by atoms with Gasteiger partial charge in [0, 0.05) is 19.3 Å². The first-order valence-corrected chi connectivity index (χ1v) is 17.1. The van der Waals surface area contributed by atoms with Gasteiger partial charge in [0.05, 0.1) is 6.04 Å². The lowest BCUT2D eigenvalue weighted by atomic mass is 9.91. The number of rotatable bonds is 6. The molecule has 8 rings (SSSR count). The van der Waals surface area contributed by atoms with Crippen molar-refractivity contribution in [3.8, 4) is 22.3 Å². The summed E-state index contributed by atoms with van der Waals surface area (Å²) in [5, 5.41) is 5.87. The minimum absolute atomic E-state index is 0.0819. The van der Waals surface area contributed by atoms with Crippen LogP contribution in [0.25, 0.3) is 44.3 Å². The minimum Gasteiger partial charge on any atom is -0.387 e. The van der Waals surface area contributed by atoms with E-state index in [4.69, 9.17) is 0 Å². The second kappa shape index (κ2) is 13.0. The first kappa shape index (κ1) is 30.0.